The van der Waals surface area contributed by atoms with Crippen molar-refractivity contribution in [1.29, 1.82) is 0 Å². The molecule has 2 N–H and O–H groups in total. The van der Waals surface area contributed by atoms with E-state index >= 15 is 0 Å². The van der Waals surface area contributed by atoms with Gasteiger partial charge in [0.05, 0.1) is 40.3 Å². The van der Waals surface area contributed by atoms with Gasteiger partial charge in [0.15, 0.2) is 5.82 Å². The number of carbonyl (C=O) groups excluding carboxylic acids is 1. The first kappa shape index (κ1) is 29.0. The summed E-state index contributed by atoms with van der Waals surface area (Å²) in [6.07, 6.45) is 8.36. The molecule has 2 aliphatic rings. The molecule has 2 aromatic carbocycles. The zero-order valence-corrected chi connectivity index (χ0v) is 25.5. The molecule has 1 saturated heterocycles. The molecule has 0 bridgehead atoms. The van der Waals surface area contributed by atoms with Gasteiger partial charge in [-0.15, -0.1) is 0 Å². The summed E-state index contributed by atoms with van der Waals surface area (Å²) in [5, 5.41) is 6.91. The van der Waals surface area contributed by atoms with Crippen molar-refractivity contribution in [2.75, 3.05) is 17.2 Å². The Hall–Kier alpha value is -4.74. The molecule has 1 aliphatic heterocycles. The number of anilines is 2. The third-order valence-corrected chi connectivity index (χ3v) is 10.9. The van der Waals surface area contributed by atoms with Crippen LogP contribution in [-0.4, -0.2) is 56.4 Å². The van der Waals surface area contributed by atoms with Crippen LogP contribution in [0.4, 0.5) is 11.5 Å². The molecule has 7 rings (SSSR count). The van der Waals surface area contributed by atoms with E-state index in [0.717, 1.165) is 34.1 Å². The van der Waals surface area contributed by atoms with E-state index < -0.39 is 16.1 Å². The van der Waals surface area contributed by atoms with Gasteiger partial charge in [-0.3, -0.25) is 14.8 Å². The largest absolute Gasteiger partial charge is 0.364 e. The molecular formula is C34H33N7O3S. The predicted octanol–water partition coefficient (Wildman–Crippen LogP) is 5.65. The molecule has 45 heavy (non-hydrogen) atoms. The van der Waals surface area contributed by atoms with Crippen LogP contribution < -0.4 is 10.6 Å². The SMILES string of the molecule is O=C(Nc1cncc(-c2nc(NCc3ccccn3)c3c(-c4ccccc4)cccc3n2)c1)[C@@H]1CCCN1S(=O)(=O)C1CCC1. The second-order valence-corrected chi connectivity index (χ2v) is 13.6. The highest BCUT2D eigenvalue weighted by atomic mass is 32.2. The number of aromatic nitrogens is 4. The van der Waals surface area contributed by atoms with Crippen LogP contribution in [0.15, 0.2) is 91.4 Å². The summed E-state index contributed by atoms with van der Waals surface area (Å²) < 4.78 is 27.7. The van der Waals surface area contributed by atoms with Gasteiger partial charge in [0.2, 0.25) is 15.9 Å². The molecule has 11 heteroatoms. The van der Waals surface area contributed by atoms with Gasteiger partial charge < -0.3 is 10.6 Å². The molecule has 0 radical (unpaired) electrons. The van der Waals surface area contributed by atoms with Gasteiger partial charge in [0.25, 0.3) is 0 Å². The topological polar surface area (TPSA) is 130 Å². The molecule has 1 saturated carbocycles. The molecule has 0 spiro atoms. The van der Waals surface area contributed by atoms with Crippen LogP contribution in [0.1, 0.15) is 37.8 Å². The van der Waals surface area contributed by atoms with E-state index in [1.165, 1.54) is 4.31 Å². The number of nitrogens with zero attached hydrogens (tertiary/aromatic N) is 5. The van der Waals surface area contributed by atoms with Crippen molar-refractivity contribution in [2.45, 2.75) is 49.9 Å². The molecule has 1 atom stereocenters. The Balaban J connectivity index is 1.21. The minimum Gasteiger partial charge on any atom is -0.364 e. The normalized spacial score (nSPS) is 17.2. The first-order valence-electron chi connectivity index (χ1n) is 15.2. The number of hydrogen-bond acceptors (Lipinski definition) is 8. The van der Waals surface area contributed by atoms with Crippen molar-refractivity contribution in [2.24, 2.45) is 0 Å². The average Bonchev–Trinajstić information content (AvgIpc) is 3.55. The van der Waals surface area contributed by atoms with Crippen molar-refractivity contribution in [3.8, 4) is 22.5 Å². The molecule has 10 nitrogen and oxygen atoms in total. The molecule has 5 aromatic rings. The first-order valence-corrected chi connectivity index (χ1v) is 16.7. The fourth-order valence-corrected chi connectivity index (χ4v) is 8.25. The number of rotatable bonds is 9. The Morgan fingerprint density at radius 3 is 2.51 bits per heavy atom. The smallest absolute Gasteiger partial charge is 0.242 e. The van der Waals surface area contributed by atoms with Gasteiger partial charge in [0, 0.05) is 24.5 Å². The summed E-state index contributed by atoms with van der Waals surface area (Å²) >= 11 is 0. The maximum absolute atomic E-state index is 13.4. The highest BCUT2D eigenvalue weighted by molar-refractivity contribution is 7.89. The van der Waals surface area contributed by atoms with Crippen molar-refractivity contribution in [3.05, 3.63) is 97.1 Å². The van der Waals surface area contributed by atoms with E-state index in [4.69, 9.17) is 9.97 Å². The Kier molecular flexibility index (Phi) is 7.95. The first-order chi connectivity index (χ1) is 22.0. The average molecular weight is 620 g/mol. The molecule has 1 amide bonds. The van der Waals surface area contributed by atoms with E-state index in [0.29, 0.717) is 61.7 Å². The van der Waals surface area contributed by atoms with Crippen LogP contribution in [0, 0.1) is 0 Å². The number of nitrogens with one attached hydrogen (secondary N) is 2. The van der Waals surface area contributed by atoms with Gasteiger partial charge >= 0.3 is 0 Å². The van der Waals surface area contributed by atoms with Crippen molar-refractivity contribution < 1.29 is 13.2 Å². The summed E-state index contributed by atoms with van der Waals surface area (Å²) in [5.41, 5.74) is 4.74. The second-order valence-electron chi connectivity index (χ2n) is 11.5. The number of pyridine rings is 2. The minimum absolute atomic E-state index is 0.348. The molecule has 3 aromatic heterocycles. The van der Waals surface area contributed by atoms with Crippen LogP contribution in [-0.2, 0) is 21.4 Å². The monoisotopic (exact) mass is 619 g/mol. The molecule has 228 valence electrons. The minimum atomic E-state index is -3.49. The van der Waals surface area contributed by atoms with Gasteiger partial charge in [-0.2, -0.15) is 4.31 Å². The number of carbonyl (C=O) groups is 1. The van der Waals surface area contributed by atoms with E-state index in [1.807, 2.05) is 48.5 Å². The fraction of sp³-hybridized carbons (Fsp3) is 0.265. The van der Waals surface area contributed by atoms with Crippen molar-refractivity contribution >= 4 is 38.3 Å². The molecule has 0 unspecified atom stereocenters. The zero-order valence-electron chi connectivity index (χ0n) is 24.6. The van der Waals surface area contributed by atoms with E-state index in [1.54, 1.807) is 24.7 Å². The Morgan fingerprint density at radius 1 is 0.889 bits per heavy atom. The number of hydrogen-bond donors (Lipinski definition) is 2. The lowest BCUT2D eigenvalue weighted by molar-refractivity contribution is -0.119. The summed E-state index contributed by atoms with van der Waals surface area (Å²) in [5.74, 6) is 0.742. The predicted molar refractivity (Wildman–Crippen MR) is 175 cm³/mol. The maximum atomic E-state index is 13.4. The maximum Gasteiger partial charge on any atom is 0.242 e. The molecule has 4 heterocycles. The fourth-order valence-electron chi connectivity index (χ4n) is 6.00. The summed E-state index contributed by atoms with van der Waals surface area (Å²) in [6, 6.07) is 22.9. The number of benzene rings is 2. The zero-order chi connectivity index (χ0) is 30.8. The van der Waals surface area contributed by atoms with Crippen LogP contribution in [0.25, 0.3) is 33.4 Å². The van der Waals surface area contributed by atoms with E-state index in [9.17, 15) is 13.2 Å². The lowest BCUT2D eigenvalue weighted by Gasteiger charge is -2.32. The van der Waals surface area contributed by atoms with Gasteiger partial charge in [-0.1, -0.05) is 55.0 Å². The number of sulfonamides is 1. The van der Waals surface area contributed by atoms with Crippen LogP contribution in [0.5, 0.6) is 0 Å². The lowest BCUT2D eigenvalue weighted by atomic mass is 10.0. The Labute approximate surface area is 262 Å². The van der Waals surface area contributed by atoms with Gasteiger partial charge in [-0.25, -0.2) is 18.4 Å². The van der Waals surface area contributed by atoms with Crippen molar-refractivity contribution in [1.82, 2.24) is 24.2 Å². The third kappa shape index (κ3) is 5.88. The van der Waals surface area contributed by atoms with Gasteiger partial charge in [-0.05, 0) is 61.1 Å². The van der Waals surface area contributed by atoms with Crippen LogP contribution in [0.2, 0.25) is 0 Å². The molecular weight excluding hydrogens is 586 g/mol. The summed E-state index contributed by atoms with van der Waals surface area (Å²) in [6.45, 7) is 0.838. The molecule has 2 fully saturated rings. The summed E-state index contributed by atoms with van der Waals surface area (Å²) in [4.78, 5) is 32.1. The van der Waals surface area contributed by atoms with E-state index in [2.05, 4.69) is 38.8 Å². The number of fused-ring (bicyclic) bond motifs is 1. The van der Waals surface area contributed by atoms with Crippen LogP contribution >= 0.6 is 0 Å². The highest BCUT2D eigenvalue weighted by Gasteiger charge is 2.44. The van der Waals surface area contributed by atoms with Crippen LogP contribution in [0.3, 0.4) is 0 Å². The standard InChI is InChI=1S/C34H33N7O3S/c42-34(30-16-8-18-41(30)45(43,44)27-12-6-13-27)38-26-19-24(20-35-21-26)32-39-29-15-7-14-28(23-9-2-1-3-10-23)31(29)33(40-32)37-22-25-11-4-5-17-36-25/h1-5,7,9-11,14-15,17,19-21,27,30H,6,8,12-13,16,18,22H2,(H,38,42)(H,37,39,40)/t30-/m0/s1. The Morgan fingerprint density at radius 2 is 1.73 bits per heavy atom. The quantitative estimate of drug-likeness (QED) is 0.217. The highest BCUT2D eigenvalue weighted by Crippen LogP contribution is 2.35. The van der Waals surface area contributed by atoms with Gasteiger partial charge in [0.1, 0.15) is 11.9 Å². The van der Waals surface area contributed by atoms with E-state index in [-0.39, 0.29) is 11.2 Å². The second kappa shape index (κ2) is 12.3. The molecule has 1 aliphatic carbocycles. The summed E-state index contributed by atoms with van der Waals surface area (Å²) in [7, 11) is -3.49. The third-order valence-electron chi connectivity index (χ3n) is 8.54. The lowest BCUT2D eigenvalue weighted by Crippen LogP contribution is -2.48. The number of amides is 1. The van der Waals surface area contributed by atoms with Crippen molar-refractivity contribution in [3.63, 3.8) is 0 Å². The Bertz CT molecular complexity index is 1950.